The summed E-state index contributed by atoms with van der Waals surface area (Å²) in [5.41, 5.74) is -3.79. The molecule has 0 atom stereocenters. The zero-order valence-corrected chi connectivity index (χ0v) is 14.5. The Bertz CT molecular complexity index is 1150. The molecular weight excluding hydrogens is 402 g/mol. The number of H-pyrrole nitrogens is 1. The lowest BCUT2D eigenvalue weighted by Gasteiger charge is -2.15. The molecule has 0 bridgehead atoms. The van der Waals surface area contributed by atoms with Gasteiger partial charge in [0, 0.05) is 34.6 Å². The minimum absolute atomic E-state index is 0.0923. The molecule has 1 amide bonds. The summed E-state index contributed by atoms with van der Waals surface area (Å²) in [6.45, 7) is -0.424. The van der Waals surface area contributed by atoms with Gasteiger partial charge in [0.2, 0.25) is 5.91 Å². The SMILES string of the molecule is O=C(Cc1c(C(F)(F)F)c2cc(F)ccc2[nH]c1=O)NCc1ccc(F)cc1F. The molecule has 1 heterocycles. The van der Waals surface area contributed by atoms with Crippen molar-refractivity contribution >= 4 is 16.8 Å². The first-order chi connectivity index (χ1) is 13.6. The van der Waals surface area contributed by atoms with Crippen LogP contribution in [-0.2, 0) is 23.9 Å². The van der Waals surface area contributed by atoms with Crippen LogP contribution in [0.2, 0.25) is 0 Å². The predicted octanol–water partition coefficient (Wildman–Crippen LogP) is 3.82. The van der Waals surface area contributed by atoms with E-state index in [1.807, 2.05) is 0 Å². The molecule has 0 spiro atoms. The number of benzene rings is 2. The second kappa shape index (κ2) is 7.61. The van der Waals surface area contributed by atoms with E-state index in [9.17, 15) is 35.9 Å². The summed E-state index contributed by atoms with van der Waals surface area (Å²) < 4.78 is 80.7. The van der Waals surface area contributed by atoms with Crippen LogP contribution in [0.1, 0.15) is 16.7 Å². The van der Waals surface area contributed by atoms with Crippen LogP contribution >= 0.6 is 0 Å². The fourth-order valence-electron chi connectivity index (χ4n) is 2.88. The van der Waals surface area contributed by atoms with Crippen molar-refractivity contribution < 1.29 is 31.1 Å². The van der Waals surface area contributed by atoms with Crippen molar-refractivity contribution in [3.8, 4) is 0 Å². The van der Waals surface area contributed by atoms with Crippen LogP contribution < -0.4 is 10.9 Å². The van der Waals surface area contributed by atoms with Crippen molar-refractivity contribution in [1.82, 2.24) is 10.3 Å². The lowest BCUT2D eigenvalue weighted by atomic mass is 10.00. The first-order valence-electron chi connectivity index (χ1n) is 8.18. The second-order valence-electron chi connectivity index (χ2n) is 6.18. The Hall–Kier alpha value is -3.30. The van der Waals surface area contributed by atoms with E-state index in [4.69, 9.17) is 0 Å². The summed E-state index contributed by atoms with van der Waals surface area (Å²) in [4.78, 5) is 26.4. The Balaban J connectivity index is 1.93. The van der Waals surface area contributed by atoms with E-state index in [0.717, 1.165) is 24.3 Å². The lowest BCUT2D eigenvalue weighted by Crippen LogP contribution is -2.30. The minimum atomic E-state index is -5.03. The maximum Gasteiger partial charge on any atom is 0.417 e. The number of rotatable bonds is 4. The lowest BCUT2D eigenvalue weighted by molar-refractivity contribution is -0.137. The van der Waals surface area contributed by atoms with Gasteiger partial charge >= 0.3 is 6.18 Å². The van der Waals surface area contributed by atoms with Gasteiger partial charge in [0.1, 0.15) is 17.5 Å². The number of amides is 1. The molecule has 1 aromatic heterocycles. The summed E-state index contributed by atoms with van der Waals surface area (Å²) in [5, 5.41) is 1.58. The van der Waals surface area contributed by atoms with Gasteiger partial charge < -0.3 is 10.3 Å². The number of carbonyl (C=O) groups excluding carboxylic acids is 1. The zero-order chi connectivity index (χ0) is 21.3. The van der Waals surface area contributed by atoms with Crippen LogP contribution in [0.15, 0.2) is 41.2 Å². The third kappa shape index (κ3) is 4.41. The fraction of sp³-hybridized carbons (Fsp3) is 0.158. The van der Waals surface area contributed by atoms with Gasteiger partial charge in [-0.15, -0.1) is 0 Å². The van der Waals surface area contributed by atoms with Crippen molar-refractivity contribution in [1.29, 1.82) is 0 Å². The van der Waals surface area contributed by atoms with Gasteiger partial charge in [-0.3, -0.25) is 9.59 Å². The monoisotopic (exact) mass is 414 g/mol. The maximum absolute atomic E-state index is 13.6. The van der Waals surface area contributed by atoms with Crippen molar-refractivity contribution in [2.45, 2.75) is 19.1 Å². The highest BCUT2D eigenvalue weighted by molar-refractivity contribution is 5.86. The number of carbonyl (C=O) groups is 1. The van der Waals surface area contributed by atoms with Gasteiger partial charge in [0.15, 0.2) is 0 Å². The van der Waals surface area contributed by atoms with Crippen LogP contribution in [0.4, 0.5) is 26.3 Å². The number of nitrogens with one attached hydrogen (secondary N) is 2. The number of aromatic nitrogens is 1. The number of pyridine rings is 1. The topological polar surface area (TPSA) is 62.0 Å². The smallest absolute Gasteiger partial charge is 0.352 e. The van der Waals surface area contributed by atoms with Gasteiger partial charge in [-0.25, -0.2) is 13.2 Å². The highest BCUT2D eigenvalue weighted by Gasteiger charge is 2.37. The Labute approximate surface area is 159 Å². The van der Waals surface area contributed by atoms with E-state index in [1.165, 1.54) is 0 Å². The second-order valence-corrected chi connectivity index (χ2v) is 6.18. The predicted molar refractivity (Wildman–Crippen MR) is 91.4 cm³/mol. The summed E-state index contributed by atoms with van der Waals surface area (Å²) in [6, 6.07) is 5.10. The van der Waals surface area contributed by atoms with Gasteiger partial charge in [-0.05, 0) is 24.3 Å². The highest BCUT2D eigenvalue weighted by Crippen LogP contribution is 2.36. The zero-order valence-electron chi connectivity index (χ0n) is 14.5. The standard InChI is InChI=1S/C19H12F6N2O2/c20-10-3-4-15-12(5-10)17(19(23,24)25)13(18(29)27-15)7-16(28)26-8-9-1-2-11(21)6-14(9)22/h1-6H,7-8H2,(H,26,28)(H,27,29). The van der Waals surface area contributed by atoms with Gasteiger partial charge in [0.25, 0.3) is 5.56 Å². The van der Waals surface area contributed by atoms with Crippen LogP contribution in [0.3, 0.4) is 0 Å². The molecular formula is C19H12F6N2O2. The third-order valence-electron chi connectivity index (χ3n) is 4.19. The van der Waals surface area contributed by atoms with E-state index in [0.29, 0.717) is 12.1 Å². The van der Waals surface area contributed by atoms with E-state index in [-0.39, 0.29) is 11.1 Å². The van der Waals surface area contributed by atoms with Crippen molar-refractivity contribution in [3.05, 3.63) is 80.9 Å². The summed E-state index contributed by atoms with van der Waals surface area (Å²) >= 11 is 0. The highest BCUT2D eigenvalue weighted by atomic mass is 19.4. The molecule has 152 valence electrons. The first kappa shape index (κ1) is 20.4. The van der Waals surface area contributed by atoms with E-state index >= 15 is 0 Å². The normalized spacial score (nSPS) is 11.7. The van der Waals surface area contributed by atoms with Gasteiger partial charge in [0.05, 0.1) is 12.0 Å². The summed E-state index contributed by atoms with van der Waals surface area (Å²) in [6.07, 6.45) is -6.00. The number of alkyl halides is 3. The number of aromatic amines is 1. The molecule has 0 saturated heterocycles. The molecule has 0 fully saturated rings. The molecule has 0 saturated carbocycles. The quantitative estimate of drug-likeness (QED) is 0.638. The van der Waals surface area contributed by atoms with Gasteiger partial charge in [-0.2, -0.15) is 13.2 Å². The molecule has 0 aliphatic heterocycles. The molecule has 0 unspecified atom stereocenters. The van der Waals surface area contributed by atoms with Crippen LogP contribution in [-0.4, -0.2) is 10.9 Å². The van der Waals surface area contributed by atoms with Crippen LogP contribution in [0.25, 0.3) is 10.9 Å². The van der Waals surface area contributed by atoms with E-state index < -0.39 is 64.6 Å². The molecule has 3 rings (SSSR count). The molecule has 0 aliphatic rings. The largest absolute Gasteiger partial charge is 0.417 e. The average molecular weight is 414 g/mol. The van der Waals surface area contributed by atoms with Crippen molar-refractivity contribution in [2.24, 2.45) is 0 Å². The van der Waals surface area contributed by atoms with Crippen LogP contribution in [0, 0.1) is 17.5 Å². The molecule has 4 nitrogen and oxygen atoms in total. The van der Waals surface area contributed by atoms with E-state index in [2.05, 4.69) is 10.3 Å². The number of fused-ring (bicyclic) bond motifs is 1. The molecule has 3 aromatic rings. The molecule has 0 radical (unpaired) electrons. The molecule has 10 heteroatoms. The number of hydrogen-bond donors (Lipinski definition) is 2. The summed E-state index contributed by atoms with van der Waals surface area (Å²) in [7, 11) is 0. The number of halogens is 6. The first-order valence-corrected chi connectivity index (χ1v) is 8.18. The Kier molecular flexibility index (Phi) is 5.36. The van der Waals surface area contributed by atoms with Crippen molar-refractivity contribution in [2.75, 3.05) is 0 Å². The summed E-state index contributed by atoms with van der Waals surface area (Å²) in [5.74, 6) is -3.72. The Morgan fingerprint density at radius 3 is 2.31 bits per heavy atom. The molecule has 29 heavy (non-hydrogen) atoms. The van der Waals surface area contributed by atoms with E-state index in [1.54, 1.807) is 0 Å². The number of hydrogen-bond acceptors (Lipinski definition) is 2. The van der Waals surface area contributed by atoms with Crippen molar-refractivity contribution in [3.63, 3.8) is 0 Å². The Morgan fingerprint density at radius 2 is 1.66 bits per heavy atom. The minimum Gasteiger partial charge on any atom is -0.352 e. The molecule has 2 aromatic carbocycles. The fourth-order valence-corrected chi connectivity index (χ4v) is 2.88. The van der Waals surface area contributed by atoms with Crippen LogP contribution in [0.5, 0.6) is 0 Å². The van der Waals surface area contributed by atoms with Gasteiger partial charge in [-0.1, -0.05) is 6.07 Å². The molecule has 0 aliphatic carbocycles. The molecule has 2 N–H and O–H groups in total. The Morgan fingerprint density at radius 1 is 1.00 bits per heavy atom. The average Bonchev–Trinajstić information content (AvgIpc) is 2.61. The third-order valence-corrected chi connectivity index (χ3v) is 4.19. The maximum atomic E-state index is 13.6.